The Balaban J connectivity index is 2.40. The van der Waals surface area contributed by atoms with Gasteiger partial charge in [0.05, 0.1) is 17.6 Å². The number of hydrogen-bond acceptors (Lipinski definition) is 2. The molecule has 0 saturated carbocycles. The molecular weight excluding hydrogens is 179 g/mol. The lowest BCUT2D eigenvalue weighted by atomic mass is 10.2. The van der Waals surface area contributed by atoms with Crippen LogP contribution < -0.4 is 0 Å². The van der Waals surface area contributed by atoms with Gasteiger partial charge in [-0.15, -0.1) is 0 Å². The molecule has 0 saturated heterocycles. The molecule has 2 rings (SSSR count). The van der Waals surface area contributed by atoms with Gasteiger partial charge in [0.1, 0.15) is 5.82 Å². The molecule has 2 nitrogen and oxygen atoms in total. The van der Waals surface area contributed by atoms with Gasteiger partial charge >= 0.3 is 0 Å². The zero-order valence-corrected chi connectivity index (χ0v) is 7.74. The molecule has 14 heavy (non-hydrogen) atoms. The Morgan fingerprint density at radius 1 is 0.929 bits per heavy atom. The van der Waals surface area contributed by atoms with E-state index in [1.165, 1.54) is 12.3 Å². The zero-order valence-electron chi connectivity index (χ0n) is 7.74. The summed E-state index contributed by atoms with van der Waals surface area (Å²) in [4.78, 5) is 8.13. The van der Waals surface area contributed by atoms with Crippen molar-refractivity contribution in [1.29, 1.82) is 0 Å². The molecule has 0 aliphatic rings. The highest BCUT2D eigenvalue weighted by molar-refractivity contribution is 5.53. The van der Waals surface area contributed by atoms with Gasteiger partial charge in [-0.3, -0.25) is 9.97 Å². The van der Waals surface area contributed by atoms with Crippen molar-refractivity contribution in [3.05, 3.63) is 48.0 Å². The van der Waals surface area contributed by atoms with E-state index in [9.17, 15) is 4.39 Å². The molecule has 0 radical (unpaired) electrons. The van der Waals surface area contributed by atoms with Gasteiger partial charge in [-0.2, -0.15) is 0 Å². The van der Waals surface area contributed by atoms with E-state index >= 15 is 0 Å². The summed E-state index contributed by atoms with van der Waals surface area (Å²) in [6.45, 7) is 1.97. The molecule has 0 unspecified atom stereocenters. The van der Waals surface area contributed by atoms with Crippen LogP contribution in [0.5, 0.6) is 0 Å². The molecule has 0 aromatic carbocycles. The Hall–Kier alpha value is -1.77. The van der Waals surface area contributed by atoms with Crippen LogP contribution in [0.15, 0.2) is 36.7 Å². The Labute approximate surface area is 81.5 Å². The largest absolute Gasteiger partial charge is 0.254 e. The smallest absolute Gasteiger partial charge is 0.141 e. The SMILES string of the molecule is Cc1ccc(-c2ccc(F)cn2)nc1. The molecule has 0 N–H and O–H groups in total. The third-order valence-corrected chi connectivity index (χ3v) is 1.90. The number of nitrogens with zero attached hydrogens (tertiary/aromatic N) is 2. The minimum Gasteiger partial charge on any atom is -0.254 e. The van der Waals surface area contributed by atoms with E-state index < -0.39 is 0 Å². The Kier molecular flexibility index (Phi) is 2.23. The van der Waals surface area contributed by atoms with Crippen LogP contribution in [0.4, 0.5) is 4.39 Å². The first-order valence-corrected chi connectivity index (χ1v) is 4.30. The second-order valence-electron chi connectivity index (χ2n) is 3.08. The highest BCUT2D eigenvalue weighted by atomic mass is 19.1. The fourth-order valence-corrected chi connectivity index (χ4v) is 1.15. The van der Waals surface area contributed by atoms with Gasteiger partial charge in [0.2, 0.25) is 0 Å². The summed E-state index contributed by atoms with van der Waals surface area (Å²) < 4.78 is 12.6. The summed E-state index contributed by atoms with van der Waals surface area (Å²) in [5.41, 5.74) is 2.54. The van der Waals surface area contributed by atoms with E-state index in [0.29, 0.717) is 5.69 Å². The van der Waals surface area contributed by atoms with Crippen LogP contribution in [-0.4, -0.2) is 9.97 Å². The van der Waals surface area contributed by atoms with E-state index in [4.69, 9.17) is 0 Å². The number of aryl methyl sites for hydroxylation is 1. The molecule has 2 aromatic heterocycles. The van der Waals surface area contributed by atoms with Crippen LogP contribution in [0.1, 0.15) is 5.56 Å². The van der Waals surface area contributed by atoms with Crippen molar-refractivity contribution in [3.8, 4) is 11.4 Å². The monoisotopic (exact) mass is 188 g/mol. The van der Waals surface area contributed by atoms with E-state index in [1.807, 2.05) is 19.1 Å². The van der Waals surface area contributed by atoms with E-state index in [-0.39, 0.29) is 5.82 Å². The first kappa shape index (κ1) is 8.81. The molecule has 0 amide bonds. The normalized spacial score (nSPS) is 10.1. The van der Waals surface area contributed by atoms with Gasteiger partial charge < -0.3 is 0 Å². The third kappa shape index (κ3) is 1.76. The van der Waals surface area contributed by atoms with Gasteiger partial charge in [-0.1, -0.05) is 6.07 Å². The number of pyridine rings is 2. The van der Waals surface area contributed by atoms with Crippen LogP contribution >= 0.6 is 0 Å². The molecule has 0 bridgehead atoms. The van der Waals surface area contributed by atoms with Crippen molar-refractivity contribution in [2.45, 2.75) is 6.92 Å². The Morgan fingerprint density at radius 2 is 1.57 bits per heavy atom. The average molecular weight is 188 g/mol. The summed E-state index contributed by atoms with van der Waals surface area (Å²) in [5.74, 6) is -0.333. The van der Waals surface area contributed by atoms with Gasteiger partial charge in [-0.05, 0) is 30.7 Å². The van der Waals surface area contributed by atoms with Crippen LogP contribution in [0, 0.1) is 12.7 Å². The fraction of sp³-hybridized carbons (Fsp3) is 0.0909. The molecule has 0 atom stereocenters. The number of rotatable bonds is 1. The summed E-state index contributed by atoms with van der Waals surface area (Å²) in [6.07, 6.45) is 2.96. The van der Waals surface area contributed by atoms with Crippen molar-refractivity contribution in [2.75, 3.05) is 0 Å². The van der Waals surface area contributed by atoms with Crippen LogP contribution in [0.25, 0.3) is 11.4 Å². The van der Waals surface area contributed by atoms with Gasteiger partial charge in [0.15, 0.2) is 0 Å². The summed E-state index contributed by atoms with van der Waals surface area (Å²) in [5, 5.41) is 0. The second kappa shape index (κ2) is 3.54. The fourth-order valence-electron chi connectivity index (χ4n) is 1.15. The first-order chi connectivity index (χ1) is 6.75. The molecule has 3 heteroatoms. The molecule has 70 valence electrons. The molecule has 0 aliphatic carbocycles. The maximum Gasteiger partial charge on any atom is 0.141 e. The lowest BCUT2D eigenvalue weighted by Crippen LogP contribution is -1.87. The highest BCUT2D eigenvalue weighted by Gasteiger charge is 1.99. The summed E-state index contributed by atoms with van der Waals surface area (Å²) in [7, 11) is 0. The average Bonchev–Trinajstić information content (AvgIpc) is 2.21. The minimum absolute atomic E-state index is 0.333. The van der Waals surface area contributed by atoms with Crippen LogP contribution in [0.2, 0.25) is 0 Å². The van der Waals surface area contributed by atoms with E-state index in [0.717, 1.165) is 11.3 Å². The molecule has 0 aliphatic heterocycles. The standard InChI is InChI=1S/C11H9FN2/c1-8-2-4-10(13-6-8)11-5-3-9(12)7-14-11/h2-7H,1H3. The summed E-state index contributed by atoms with van der Waals surface area (Å²) >= 11 is 0. The van der Waals surface area contributed by atoms with Crippen molar-refractivity contribution < 1.29 is 4.39 Å². The lowest BCUT2D eigenvalue weighted by molar-refractivity contribution is 0.622. The van der Waals surface area contributed by atoms with Crippen LogP contribution in [0.3, 0.4) is 0 Å². The quantitative estimate of drug-likeness (QED) is 0.687. The third-order valence-electron chi connectivity index (χ3n) is 1.90. The Morgan fingerprint density at radius 3 is 2.07 bits per heavy atom. The molecule has 0 spiro atoms. The highest BCUT2D eigenvalue weighted by Crippen LogP contribution is 2.13. The number of hydrogen-bond donors (Lipinski definition) is 0. The predicted octanol–water partition coefficient (Wildman–Crippen LogP) is 2.59. The maximum absolute atomic E-state index is 12.6. The molecule has 2 aromatic rings. The van der Waals surface area contributed by atoms with E-state index in [1.54, 1.807) is 12.3 Å². The minimum atomic E-state index is -0.333. The predicted molar refractivity (Wildman–Crippen MR) is 52.2 cm³/mol. The second-order valence-corrected chi connectivity index (χ2v) is 3.08. The van der Waals surface area contributed by atoms with Crippen molar-refractivity contribution in [3.63, 3.8) is 0 Å². The topological polar surface area (TPSA) is 25.8 Å². The zero-order chi connectivity index (χ0) is 9.97. The maximum atomic E-state index is 12.6. The van der Waals surface area contributed by atoms with Gasteiger partial charge in [-0.25, -0.2) is 4.39 Å². The lowest BCUT2D eigenvalue weighted by Gasteiger charge is -1.99. The number of halogens is 1. The van der Waals surface area contributed by atoms with E-state index in [2.05, 4.69) is 9.97 Å². The first-order valence-electron chi connectivity index (χ1n) is 4.30. The summed E-state index contributed by atoms with van der Waals surface area (Å²) in [6, 6.07) is 6.82. The van der Waals surface area contributed by atoms with Crippen molar-refractivity contribution in [1.82, 2.24) is 9.97 Å². The van der Waals surface area contributed by atoms with Crippen molar-refractivity contribution in [2.24, 2.45) is 0 Å². The molecule has 0 fully saturated rings. The molecule has 2 heterocycles. The molecular formula is C11H9FN2. The van der Waals surface area contributed by atoms with Crippen LogP contribution in [-0.2, 0) is 0 Å². The Bertz CT molecular complexity index is 377. The van der Waals surface area contributed by atoms with Gasteiger partial charge in [0.25, 0.3) is 0 Å². The number of aromatic nitrogens is 2. The van der Waals surface area contributed by atoms with Crippen molar-refractivity contribution >= 4 is 0 Å². The van der Waals surface area contributed by atoms with Gasteiger partial charge in [0, 0.05) is 6.20 Å².